The molecule has 0 radical (unpaired) electrons. The Morgan fingerprint density at radius 3 is 2.59 bits per heavy atom. The van der Waals surface area contributed by atoms with Crippen molar-refractivity contribution in [1.29, 1.82) is 0 Å². The number of aromatic nitrogens is 3. The SMILES string of the molecule is O=C(Nc1ccc2nn(CC(=O)N3CCN(Cc4ccsc4)CC3)cc2c1)c1cccc(C(F)(F)F)n1. The lowest BCUT2D eigenvalue weighted by Crippen LogP contribution is -2.49. The van der Waals surface area contributed by atoms with Gasteiger partial charge in [0.2, 0.25) is 5.91 Å². The minimum absolute atomic E-state index is 0.0212. The van der Waals surface area contributed by atoms with Gasteiger partial charge >= 0.3 is 6.18 Å². The number of carbonyl (C=O) groups is 2. The highest BCUT2D eigenvalue weighted by molar-refractivity contribution is 7.07. The lowest BCUT2D eigenvalue weighted by Gasteiger charge is -2.34. The molecule has 192 valence electrons. The van der Waals surface area contributed by atoms with Crippen molar-refractivity contribution in [2.45, 2.75) is 19.3 Å². The van der Waals surface area contributed by atoms with E-state index >= 15 is 0 Å². The second-order valence-electron chi connectivity index (χ2n) is 8.75. The monoisotopic (exact) mass is 528 g/mol. The lowest BCUT2D eigenvalue weighted by atomic mass is 10.2. The maximum Gasteiger partial charge on any atom is 0.433 e. The van der Waals surface area contributed by atoms with Crippen LogP contribution in [0.25, 0.3) is 10.9 Å². The number of hydrogen-bond acceptors (Lipinski definition) is 6. The van der Waals surface area contributed by atoms with E-state index in [0.29, 0.717) is 29.7 Å². The van der Waals surface area contributed by atoms with E-state index in [4.69, 9.17) is 0 Å². The summed E-state index contributed by atoms with van der Waals surface area (Å²) < 4.78 is 40.3. The standard InChI is InChI=1S/C25H23F3N6O2S/c26-25(27,28)22-3-1-2-21(30-22)24(36)29-19-4-5-20-18(12-19)14-34(31-20)15-23(35)33-9-7-32(8-10-33)13-17-6-11-37-16-17/h1-6,11-12,14,16H,7-10,13,15H2,(H,29,36). The first-order valence-corrected chi connectivity index (χ1v) is 12.5. The third-order valence-corrected chi connectivity index (χ3v) is 6.82. The molecule has 1 aromatic carbocycles. The maximum atomic E-state index is 12.9. The van der Waals surface area contributed by atoms with E-state index in [9.17, 15) is 22.8 Å². The highest BCUT2D eigenvalue weighted by Gasteiger charge is 2.33. The zero-order valence-electron chi connectivity index (χ0n) is 19.6. The fraction of sp³-hybridized carbons (Fsp3) is 0.280. The summed E-state index contributed by atoms with van der Waals surface area (Å²) in [5.41, 5.74) is 0.819. The van der Waals surface area contributed by atoms with Gasteiger partial charge in [-0.1, -0.05) is 6.07 Å². The summed E-state index contributed by atoms with van der Waals surface area (Å²) in [5.74, 6) is -0.779. The zero-order chi connectivity index (χ0) is 26.0. The fourth-order valence-electron chi connectivity index (χ4n) is 4.18. The molecule has 37 heavy (non-hydrogen) atoms. The van der Waals surface area contributed by atoms with Gasteiger partial charge in [-0.2, -0.15) is 29.6 Å². The molecule has 0 saturated carbocycles. The van der Waals surface area contributed by atoms with Crippen LogP contribution in [0.3, 0.4) is 0 Å². The summed E-state index contributed by atoms with van der Waals surface area (Å²) in [6.45, 7) is 3.92. The quantitative estimate of drug-likeness (QED) is 0.407. The highest BCUT2D eigenvalue weighted by atomic mass is 32.1. The van der Waals surface area contributed by atoms with Crippen molar-refractivity contribution in [3.8, 4) is 0 Å². The van der Waals surface area contributed by atoms with Crippen LogP contribution in [0.15, 0.2) is 59.4 Å². The number of hydrogen-bond donors (Lipinski definition) is 1. The van der Waals surface area contributed by atoms with Crippen LogP contribution in [0, 0.1) is 0 Å². The molecule has 0 unspecified atom stereocenters. The van der Waals surface area contributed by atoms with Crippen molar-refractivity contribution >= 4 is 39.7 Å². The molecule has 1 saturated heterocycles. The van der Waals surface area contributed by atoms with Crippen LogP contribution in [0.2, 0.25) is 0 Å². The first kappa shape index (κ1) is 24.9. The Hall–Kier alpha value is -3.77. The molecule has 12 heteroatoms. The number of rotatable bonds is 6. The van der Waals surface area contributed by atoms with Crippen LogP contribution in [0.1, 0.15) is 21.7 Å². The molecule has 5 rings (SSSR count). The molecule has 4 aromatic rings. The second kappa shape index (κ2) is 10.3. The predicted molar refractivity (Wildman–Crippen MR) is 133 cm³/mol. The molecule has 0 aliphatic carbocycles. The van der Waals surface area contributed by atoms with Gasteiger partial charge in [-0.3, -0.25) is 19.2 Å². The van der Waals surface area contributed by atoms with Crippen LogP contribution < -0.4 is 5.32 Å². The highest BCUT2D eigenvalue weighted by Crippen LogP contribution is 2.27. The average Bonchev–Trinajstić information content (AvgIpc) is 3.53. The largest absolute Gasteiger partial charge is 0.433 e. The lowest BCUT2D eigenvalue weighted by molar-refractivity contribution is -0.141. The summed E-state index contributed by atoms with van der Waals surface area (Å²) in [7, 11) is 0. The molecule has 0 spiro atoms. The first-order valence-electron chi connectivity index (χ1n) is 11.6. The smallest absolute Gasteiger partial charge is 0.339 e. The molecule has 3 aromatic heterocycles. The van der Waals surface area contributed by atoms with Crippen LogP contribution in [0.5, 0.6) is 0 Å². The minimum Gasteiger partial charge on any atom is -0.339 e. The van der Waals surface area contributed by atoms with Gasteiger partial charge in [-0.25, -0.2) is 4.98 Å². The fourth-order valence-corrected chi connectivity index (χ4v) is 4.84. The Bertz CT molecular complexity index is 1410. The van der Waals surface area contributed by atoms with Gasteiger partial charge in [0.1, 0.15) is 17.9 Å². The molecule has 1 aliphatic rings. The summed E-state index contributed by atoms with van der Waals surface area (Å²) in [4.78, 5) is 32.9. The summed E-state index contributed by atoms with van der Waals surface area (Å²) >= 11 is 1.68. The summed E-state index contributed by atoms with van der Waals surface area (Å²) in [6.07, 6.45) is -2.93. The van der Waals surface area contributed by atoms with Crippen molar-refractivity contribution in [3.05, 3.63) is 76.4 Å². The molecule has 0 atom stereocenters. The van der Waals surface area contributed by atoms with Crippen LogP contribution in [-0.2, 0) is 24.1 Å². The topological polar surface area (TPSA) is 83.4 Å². The van der Waals surface area contributed by atoms with E-state index < -0.39 is 17.8 Å². The van der Waals surface area contributed by atoms with E-state index in [2.05, 4.69) is 37.1 Å². The van der Waals surface area contributed by atoms with E-state index in [1.165, 1.54) is 11.6 Å². The van der Waals surface area contributed by atoms with Gasteiger partial charge in [0.25, 0.3) is 5.91 Å². The average molecular weight is 529 g/mol. The number of benzene rings is 1. The van der Waals surface area contributed by atoms with Crippen molar-refractivity contribution < 1.29 is 22.8 Å². The third kappa shape index (κ3) is 5.97. The number of pyridine rings is 1. The van der Waals surface area contributed by atoms with Gasteiger partial charge < -0.3 is 10.2 Å². The Morgan fingerprint density at radius 1 is 1.05 bits per heavy atom. The second-order valence-corrected chi connectivity index (χ2v) is 9.53. The molecule has 2 amide bonds. The van der Waals surface area contributed by atoms with Crippen LogP contribution in [-0.4, -0.2) is 62.6 Å². The Morgan fingerprint density at radius 2 is 1.86 bits per heavy atom. The normalized spacial score (nSPS) is 14.7. The maximum absolute atomic E-state index is 12.9. The molecule has 1 N–H and O–H groups in total. The number of alkyl halides is 3. The van der Waals surface area contributed by atoms with Crippen molar-refractivity contribution in [3.63, 3.8) is 0 Å². The van der Waals surface area contributed by atoms with Crippen molar-refractivity contribution in [2.24, 2.45) is 0 Å². The van der Waals surface area contributed by atoms with Gasteiger partial charge in [-0.05, 0) is 52.7 Å². The van der Waals surface area contributed by atoms with Crippen molar-refractivity contribution in [1.82, 2.24) is 24.6 Å². The van der Waals surface area contributed by atoms with E-state index in [1.54, 1.807) is 40.4 Å². The number of piperazine rings is 1. The van der Waals surface area contributed by atoms with Crippen molar-refractivity contribution in [2.75, 3.05) is 31.5 Å². The molecule has 1 aliphatic heterocycles. The summed E-state index contributed by atoms with van der Waals surface area (Å²) in [6, 6.07) is 10.2. The molecular weight excluding hydrogens is 505 g/mol. The predicted octanol–water partition coefficient (Wildman–Crippen LogP) is 4.11. The summed E-state index contributed by atoms with van der Waals surface area (Å²) in [5, 5.41) is 11.9. The first-order chi connectivity index (χ1) is 17.7. The van der Waals surface area contributed by atoms with Crippen LogP contribution >= 0.6 is 11.3 Å². The Balaban J connectivity index is 1.19. The van der Waals surface area contributed by atoms with Gasteiger partial charge in [0, 0.05) is 50.0 Å². The van der Waals surface area contributed by atoms with E-state index in [0.717, 1.165) is 31.8 Å². The number of nitrogens with zero attached hydrogens (tertiary/aromatic N) is 5. The number of carbonyl (C=O) groups excluding carboxylic acids is 2. The third-order valence-electron chi connectivity index (χ3n) is 6.09. The number of nitrogens with one attached hydrogen (secondary N) is 1. The number of thiophene rings is 1. The number of halogens is 3. The Labute approximate surface area is 214 Å². The zero-order valence-corrected chi connectivity index (χ0v) is 20.4. The molecular formula is C25H23F3N6O2S. The minimum atomic E-state index is -4.64. The van der Waals surface area contributed by atoms with E-state index in [-0.39, 0.29) is 18.1 Å². The number of amides is 2. The van der Waals surface area contributed by atoms with Crippen LogP contribution in [0.4, 0.5) is 18.9 Å². The Kier molecular flexibility index (Phi) is 6.94. The number of anilines is 1. The number of fused-ring (bicyclic) bond motifs is 1. The molecule has 1 fully saturated rings. The van der Waals surface area contributed by atoms with Gasteiger partial charge in [0.15, 0.2) is 0 Å². The molecule has 8 nitrogen and oxygen atoms in total. The van der Waals surface area contributed by atoms with Gasteiger partial charge in [-0.15, -0.1) is 0 Å². The molecule has 0 bridgehead atoms. The van der Waals surface area contributed by atoms with Gasteiger partial charge in [0.05, 0.1) is 5.52 Å². The van der Waals surface area contributed by atoms with E-state index in [1.807, 2.05) is 4.90 Å². The molecule has 4 heterocycles.